The second-order valence-electron chi connectivity index (χ2n) is 4.72. The van der Waals surface area contributed by atoms with Gasteiger partial charge in [0, 0.05) is 20.8 Å². The van der Waals surface area contributed by atoms with Crippen LogP contribution in [0.3, 0.4) is 0 Å². The molecule has 3 rings (SSSR count). The Morgan fingerprint density at radius 2 is 1.68 bits per heavy atom. The summed E-state index contributed by atoms with van der Waals surface area (Å²) in [6, 6.07) is 12.1. The number of ether oxygens (including phenoxy) is 1. The van der Waals surface area contributed by atoms with Crippen LogP contribution in [0.5, 0.6) is 0 Å². The van der Waals surface area contributed by atoms with Gasteiger partial charge in [-0.3, -0.25) is 0 Å². The Balaban J connectivity index is 2.01. The molecule has 0 aromatic heterocycles. The Kier molecular flexibility index (Phi) is 4.30. The molecule has 1 N–H and O–H groups in total. The molecule has 0 amide bonds. The third-order valence-electron chi connectivity index (χ3n) is 3.12. The first-order valence-corrected chi connectivity index (χ1v) is 7.55. The van der Waals surface area contributed by atoms with Crippen LogP contribution in [0.4, 0.5) is 5.69 Å². The first-order valence-electron chi connectivity index (χ1n) is 6.42. The molecular weight excluding hydrogens is 345 g/mol. The molecule has 112 valence electrons. The summed E-state index contributed by atoms with van der Waals surface area (Å²) < 4.78 is 5.12. The standard InChI is InChI=1S/C16H10Cl3NO2/c17-10-3-1-2-9(4-10)15-14(8-22-16(15)21)20-13-6-11(18)5-12(19)7-13/h1-7,20H,8H2. The zero-order chi connectivity index (χ0) is 15.7. The van der Waals surface area contributed by atoms with Gasteiger partial charge in [-0.05, 0) is 35.9 Å². The molecule has 6 heteroatoms. The minimum absolute atomic E-state index is 0.158. The normalized spacial score (nSPS) is 14.2. The number of benzene rings is 2. The minimum Gasteiger partial charge on any atom is -0.456 e. The van der Waals surface area contributed by atoms with Gasteiger partial charge >= 0.3 is 5.97 Å². The van der Waals surface area contributed by atoms with Gasteiger partial charge in [0.05, 0.1) is 11.3 Å². The van der Waals surface area contributed by atoms with E-state index in [4.69, 9.17) is 39.5 Å². The Hall–Kier alpha value is -1.68. The number of anilines is 1. The van der Waals surface area contributed by atoms with Crippen LogP contribution in [-0.2, 0) is 9.53 Å². The van der Waals surface area contributed by atoms with Gasteiger partial charge < -0.3 is 10.1 Å². The largest absolute Gasteiger partial charge is 0.456 e. The number of carbonyl (C=O) groups excluding carboxylic acids is 1. The van der Waals surface area contributed by atoms with E-state index in [1.807, 2.05) is 0 Å². The van der Waals surface area contributed by atoms with Gasteiger partial charge in [0.15, 0.2) is 0 Å². The van der Waals surface area contributed by atoms with Crippen molar-refractivity contribution in [1.82, 2.24) is 0 Å². The lowest BCUT2D eigenvalue weighted by Gasteiger charge is -2.09. The lowest BCUT2D eigenvalue weighted by Crippen LogP contribution is -2.03. The zero-order valence-corrected chi connectivity index (χ0v) is 13.5. The van der Waals surface area contributed by atoms with E-state index < -0.39 is 5.97 Å². The van der Waals surface area contributed by atoms with Crippen LogP contribution >= 0.6 is 34.8 Å². The fourth-order valence-electron chi connectivity index (χ4n) is 2.24. The van der Waals surface area contributed by atoms with E-state index >= 15 is 0 Å². The maximum atomic E-state index is 12.0. The van der Waals surface area contributed by atoms with E-state index in [9.17, 15) is 4.79 Å². The van der Waals surface area contributed by atoms with Gasteiger partial charge in [-0.1, -0.05) is 46.9 Å². The number of hydrogen-bond donors (Lipinski definition) is 1. The summed E-state index contributed by atoms with van der Waals surface area (Å²) >= 11 is 18.0. The third-order valence-corrected chi connectivity index (χ3v) is 3.80. The molecular formula is C16H10Cl3NO2. The number of hydrogen-bond acceptors (Lipinski definition) is 3. The van der Waals surface area contributed by atoms with Crippen molar-refractivity contribution in [2.75, 3.05) is 11.9 Å². The SMILES string of the molecule is O=C1OCC(Nc2cc(Cl)cc(Cl)c2)=C1c1cccc(Cl)c1. The van der Waals surface area contributed by atoms with E-state index in [0.717, 1.165) is 0 Å². The van der Waals surface area contributed by atoms with Crippen LogP contribution in [0.2, 0.25) is 15.1 Å². The van der Waals surface area contributed by atoms with Crippen LogP contribution in [0.1, 0.15) is 5.56 Å². The van der Waals surface area contributed by atoms with Crippen molar-refractivity contribution in [1.29, 1.82) is 0 Å². The second-order valence-corrected chi connectivity index (χ2v) is 6.03. The summed E-state index contributed by atoms with van der Waals surface area (Å²) in [6.07, 6.45) is 0. The Morgan fingerprint density at radius 1 is 0.955 bits per heavy atom. The highest BCUT2D eigenvalue weighted by Crippen LogP contribution is 2.30. The van der Waals surface area contributed by atoms with Crippen molar-refractivity contribution in [3.8, 4) is 0 Å². The van der Waals surface area contributed by atoms with E-state index in [-0.39, 0.29) is 6.61 Å². The fourth-order valence-corrected chi connectivity index (χ4v) is 2.96. The predicted octanol–water partition coefficient (Wildman–Crippen LogP) is 5.03. The van der Waals surface area contributed by atoms with Gasteiger partial charge in [0.25, 0.3) is 0 Å². The Bertz CT molecular complexity index is 766. The molecule has 22 heavy (non-hydrogen) atoms. The topological polar surface area (TPSA) is 38.3 Å². The molecule has 3 nitrogen and oxygen atoms in total. The maximum absolute atomic E-state index is 12.0. The van der Waals surface area contributed by atoms with Crippen LogP contribution in [0.15, 0.2) is 48.2 Å². The highest BCUT2D eigenvalue weighted by molar-refractivity contribution is 6.35. The number of rotatable bonds is 3. The predicted molar refractivity (Wildman–Crippen MR) is 89.4 cm³/mol. The first kappa shape index (κ1) is 15.2. The number of esters is 1. The number of halogens is 3. The highest BCUT2D eigenvalue weighted by atomic mass is 35.5. The summed E-state index contributed by atoms with van der Waals surface area (Å²) in [5.74, 6) is -0.391. The molecule has 0 saturated heterocycles. The molecule has 0 bridgehead atoms. The smallest absolute Gasteiger partial charge is 0.341 e. The van der Waals surface area contributed by atoms with E-state index in [1.165, 1.54) is 0 Å². The molecule has 2 aromatic carbocycles. The van der Waals surface area contributed by atoms with Crippen LogP contribution in [0.25, 0.3) is 5.57 Å². The minimum atomic E-state index is -0.391. The van der Waals surface area contributed by atoms with E-state index in [2.05, 4.69) is 5.32 Å². The van der Waals surface area contributed by atoms with E-state index in [0.29, 0.717) is 37.6 Å². The Morgan fingerprint density at radius 3 is 2.36 bits per heavy atom. The van der Waals surface area contributed by atoms with E-state index in [1.54, 1.807) is 42.5 Å². The van der Waals surface area contributed by atoms with Crippen molar-refractivity contribution in [3.05, 3.63) is 68.8 Å². The monoisotopic (exact) mass is 353 g/mol. The molecule has 1 heterocycles. The lowest BCUT2D eigenvalue weighted by molar-refractivity contribution is -0.134. The number of nitrogens with one attached hydrogen (secondary N) is 1. The van der Waals surface area contributed by atoms with Crippen molar-refractivity contribution < 1.29 is 9.53 Å². The Labute approximate surface area is 142 Å². The lowest BCUT2D eigenvalue weighted by atomic mass is 10.1. The van der Waals surface area contributed by atoms with Gasteiger partial charge in [0.2, 0.25) is 0 Å². The van der Waals surface area contributed by atoms with Gasteiger partial charge in [0.1, 0.15) is 6.61 Å². The number of carbonyl (C=O) groups is 1. The molecule has 0 unspecified atom stereocenters. The fraction of sp³-hybridized carbons (Fsp3) is 0.0625. The van der Waals surface area contributed by atoms with Gasteiger partial charge in [-0.15, -0.1) is 0 Å². The first-order chi connectivity index (χ1) is 10.5. The third kappa shape index (κ3) is 3.22. The number of cyclic esters (lactones) is 1. The second kappa shape index (κ2) is 6.21. The summed E-state index contributed by atoms with van der Waals surface area (Å²) in [5, 5.41) is 4.70. The molecule has 0 atom stereocenters. The van der Waals surface area contributed by atoms with Gasteiger partial charge in [-0.2, -0.15) is 0 Å². The summed E-state index contributed by atoms with van der Waals surface area (Å²) in [4.78, 5) is 12.0. The molecule has 2 aromatic rings. The summed E-state index contributed by atoms with van der Waals surface area (Å²) in [6.45, 7) is 0.158. The van der Waals surface area contributed by atoms with Crippen LogP contribution in [-0.4, -0.2) is 12.6 Å². The average Bonchev–Trinajstić information content (AvgIpc) is 2.78. The molecule has 1 aliphatic heterocycles. The van der Waals surface area contributed by atoms with Crippen molar-refractivity contribution in [3.63, 3.8) is 0 Å². The van der Waals surface area contributed by atoms with Crippen LogP contribution in [0, 0.1) is 0 Å². The van der Waals surface area contributed by atoms with Gasteiger partial charge in [-0.25, -0.2) is 4.79 Å². The summed E-state index contributed by atoms with van der Waals surface area (Å²) in [5.41, 5.74) is 2.49. The zero-order valence-electron chi connectivity index (χ0n) is 11.2. The van der Waals surface area contributed by atoms with Crippen molar-refractivity contribution in [2.45, 2.75) is 0 Å². The molecule has 0 radical (unpaired) electrons. The average molecular weight is 355 g/mol. The molecule has 0 aliphatic carbocycles. The van der Waals surface area contributed by atoms with Crippen molar-refractivity contribution in [2.24, 2.45) is 0 Å². The van der Waals surface area contributed by atoms with Crippen molar-refractivity contribution >= 4 is 52.0 Å². The molecule has 0 fully saturated rings. The highest BCUT2D eigenvalue weighted by Gasteiger charge is 2.26. The van der Waals surface area contributed by atoms with Crippen LogP contribution < -0.4 is 5.32 Å². The molecule has 0 spiro atoms. The molecule has 0 saturated carbocycles. The quantitative estimate of drug-likeness (QED) is 0.786. The molecule has 1 aliphatic rings. The summed E-state index contributed by atoms with van der Waals surface area (Å²) in [7, 11) is 0. The maximum Gasteiger partial charge on any atom is 0.341 e.